The maximum absolute atomic E-state index is 14.0. The molecule has 0 bridgehead atoms. The van der Waals surface area contributed by atoms with Crippen molar-refractivity contribution in [2.45, 2.75) is 19.4 Å². The average molecular weight is 346 g/mol. The van der Waals surface area contributed by atoms with Crippen molar-refractivity contribution in [3.05, 3.63) is 56.2 Å². The highest BCUT2D eigenvalue weighted by Gasteiger charge is 2.24. The number of hydrogen-bond donors (Lipinski definition) is 1. The van der Waals surface area contributed by atoms with Crippen LogP contribution in [-0.2, 0) is 0 Å². The van der Waals surface area contributed by atoms with E-state index in [2.05, 4.69) is 21.2 Å². The molecule has 5 heteroatoms. The SMILES string of the molecule is CCCNC(c1sccc1Br)c1c(F)cccc1F. The minimum Gasteiger partial charge on any atom is -0.305 e. The van der Waals surface area contributed by atoms with E-state index in [0.717, 1.165) is 15.8 Å². The highest BCUT2D eigenvalue weighted by atomic mass is 79.9. The van der Waals surface area contributed by atoms with Crippen molar-refractivity contribution in [3.8, 4) is 0 Å². The second-order valence-electron chi connectivity index (χ2n) is 4.16. The smallest absolute Gasteiger partial charge is 0.131 e. The second kappa shape index (κ2) is 6.59. The van der Waals surface area contributed by atoms with Crippen LogP contribution in [0.1, 0.15) is 29.8 Å². The summed E-state index contributed by atoms with van der Waals surface area (Å²) >= 11 is 4.91. The van der Waals surface area contributed by atoms with E-state index in [1.54, 1.807) is 0 Å². The number of rotatable bonds is 5. The molecule has 1 N–H and O–H groups in total. The van der Waals surface area contributed by atoms with Crippen LogP contribution < -0.4 is 5.32 Å². The van der Waals surface area contributed by atoms with E-state index in [1.165, 1.54) is 29.5 Å². The molecule has 1 heterocycles. The Kier molecular flexibility index (Phi) is 5.07. The third kappa shape index (κ3) is 3.22. The number of thiophene rings is 1. The predicted molar refractivity (Wildman–Crippen MR) is 78.5 cm³/mol. The minimum atomic E-state index is -0.520. The molecular formula is C14H14BrF2NS. The first-order valence-corrected chi connectivity index (χ1v) is 7.72. The lowest BCUT2D eigenvalue weighted by Crippen LogP contribution is -2.24. The molecular weight excluding hydrogens is 332 g/mol. The monoisotopic (exact) mass is 345 g/mol. The van der Waals surface area contributed by atoms with Crippen LogP contribution in [0.25, 0.3) is 0 Å². The summed E-state index contributed by atoms with van der Waals surface area (Å²) in [4.78, 5) is 0.887. The van der Waals surface area contributed by atoms with Gasteiger partial charge >= 0.3 is 0 Å². The lowest BCUT2D eigenvalue weighted by atomic mass is 10.0. The molecule has 1 unspecified atom stereocenters. The van der Waals surface area contributed by atoms with Gasteiger partial charge in [0.25, 0.3) is 0 Å². The highest BCUT2D eigenvalue weighted by molar-refractivity contribution is 9.10. The van der Waals surface area contributed by atoms with Gasteiger partial charge in [0.2, 0.25) is 0 Å². The van der Waals surface area contributed by atoms with E-state index in [9.17, 15) is 8.78 Å². The van der Waals surface area contributed by atoms with Crippen LogP contribution in [-0.4, -0.2) is 6.54 Å². The summed E-state index contributed by atoms with van der Waals surface area (Å²) in [6, 6.07) is 5.39. The van der Waals surface area contributed by atoms with Crippen LogP contribution >= 0.6 is 27.3 Å². The topological polar surface area (TPSA) is 12.0 Å². The Balaban J connectivity index is 2.46. The van der Waals surface area contributed by atoms with Gasteiger partial charge in [0.15, 0.2) is 0 Å². The van der Waals surface area contributed by atoms with Crippen molar-refractivity contribution >= 4 is 27.3 Å². The summed E-state index contributed by atoms with van der Waals surface area (Å²) in [7, 11) is 0. The number of nitrogens with one attached hydrogen (secondary N) is 1. The Hall–Kier alpha value is -0.780. The van der Waals surface area contributed by atoms with E-state index < -0.39 is 17.7 Å². The van der Waals surface area contributed by atoms with E-state index >= 15 is 0 Å². The zero-order valence-corrected chi connectivity index (χ0v) is 12.8. The van der Waals surface area contributed by atoms with Gasteiger partial charge in [-0.3, -0.25) is 0 Å². The van der Waals surface area contributed by atoms with E-state index in [0.29, 0.717) is 6.54 Å². The molecule has 0 saturated heterocycles. The van der Waals surface area contributed by atoms with Gasteiger partial charge in [-0.2, -0.15) is 0 Å². The first-order chi connectivity index (χ1) is 9.15. The fraction of sp³-hybridized carbons (Fsp3) is 0.286. The summed E-state index contributed by atoms with van der Waals surface area (Å²) in [5.41, 5.74) is 0.0825. The fourth-order valence-corrected chi connectivity index (χ4v) is 3.60. The molecule has 0 aliphatic heterocycles. The van der Waals surface area contributed by atoms with Crippen LogP contribution in [0.2, 0.25) is 0 Å². The highest BCUT2D eigenvalue weighted by Crippen LogP contribution is 2.35. The summed E-state index contributed by atoms with van der Waals surface area (Å²) in [5.74, 6) is -1.04. The molecule has 0 radical (unpaired) electrons. The molecule has 2 aromatic rings. The van der Waals surface area contributed by atoms with Gasteiger partial charge in [-0.05, 0) is 52.5 Å². The zero-order chi connectivity index (χ0) is 13.8. The van der Waals surface area contributed by atoms with Crippen molar-refractivity contribution in [1.29, 1.82) is 0 Å². The molecule has 0 amide bonds. The predicted octanol–water partition coefficient (Wildman–Crippen LogP) is 4.88. The van der Waals surface area contributed by atoms with Gasteiger partial charge in [-0.1, -0.05) is 13.0 Å². The first-order valence-electron chi connectivity index (χ1n) is 6.05. The van der Waals surface area contributed by atoms with Crippen molar-refractivity contribution in [2.75, 3.05) is 6.54 Å². The Morgan fingerprint density at radius 1 is 1.26 bits per heavy atom. The molecule has 1 nitrogen and oxygen atoms in total. The Morgan fingerprint density at radius 3 is 2.47 bits per heavy atom. The summed E-state index contributed by atoms with van der Waals surface area (Å²) in [5, 5.41) is 5.11. The molecule has 1 aromatic carbocycles. The van der Waals surface area contributed by atoms with Gasteiger partial charge in [-0.25, -0.2) is 8.78 Å². The molecule has 0 saturated carbocycles. The van der Waals surface area contributed by atoms with E-state index in [4.69, 9.17) is 0 Å². The van der Waals surface area contributed by atoms with Gasteiger partial charge in [0.05, 0.1) is 6.04 Å². The third-order valence-corrected chi connectivity index (χ3v) is 4.73. The minimum absolute atomic E-state index is 0.0825. The summed E-state index contributed by atoms with van der Waals surface area (Å²) in [6.45, 7) is 2.72. The van der Waals surface area contributed by atoms with Crippen LogP contribution in [0.3, 0.4) is 0 Å². The largest absolute Gasteiger partial charge is 0.305 e. The first kappa shape index (κ1) is 14.6. The zero-order valence-electron chi connectivity index (χ0n) is 10.4. The molecule has 2 rings (SSSR count). The van der Waals surface area contributed by atoms with Crippen molar-refractivity contribution in [2.24, 2.45) is 0 Å². The number of hydrogen-bond acceptors (Lipinski definition) is 2. The van der Waals surface area contributed by atoms with Gasteiger partial charge in [-0.15, -0.1) is 11.3 Å². The lowest BCUT2D eigenvalue weighted by Gasteiger charge is -2.19. The van der Waals surface area contributed by atoms with Crippen LogP contribution in [0, 0.1) is 11.6 Å². The van der Waals surface area contributed by atoms with Gasteiger partial charge in [0, 0.05) is 14.9 Å². The molecule has 0 spiro atoms. The normalized spacial score (nSPS) is 12.6. The molecule has 0 aliphatic rings. The average Bonchev–Trinajstić information content (AvgIpc) is 2.79. The molecule has 0 fully saturated rings. The van der Waals surface area contributed by atoms with Crippen molar-refractivity contribution in [3.63, 3.8) is 0 Å². The molecule has 19 heavy (non-hydrogen) atoms. The van der Waals surface area contributed by atoms with Crippen LogP contribution in [0.4, 0.5) is 8.78 Å². The number of benzene rings is 1. The van der Waals surface area contributed by atoms with Gasteiger partial charge in [0.1, 0.15) is 11.6 Å². The van der Waals surface area contributed by atoms with Gasteiger partial charge < -0.3 is 5.32 Å². The Bertz CT molecular complexity index is 536. The quantitative estimate of drug-likeness (QED) is 0.814. The molecule has 1 atom stereocenters. The van der Waals surface area contributed by atoms with E-state index in [1.807, 2.05) is 18.4 Å². The van der Waals surface area contributed by atoms with Crippen LogP contribution in [0.5, 0.6) is 0 Å². The lowest BCUT2D eigenvalue weighted by molar-refractivity contribution is 0.505. The summed E-state index contributed by atoms with van der Waals surface area (Å²) in [6.07, 6.45) is 0.898. The maximum Gasteiger partial charge on any atom is 0.131 e. The standard InChI is InChI=1S/C14H14BrF2NS/c1-2-7-18-13(14-9(15)6-8-19-14)12-10(16)4-3-5-11(12)17/h3-6,8,13,18H,2,7H2,1H3. The third-order valence-electron chi connectivity index (χ3n) is 2.79. The number of halogens is 3. The molecule has 1 aromatic heterocycles. The van der Waals surface area contributed by atoms with Crippen LogP contribution in [0.15, 0.2) is 34.1 Å². The second-order valence-corrected chi connectivity index (χ2v) is 5.96. The molecule has 0 aliphatic carbocycles. The Labute approximate surface area is 123 Å². The Morgan fingerprint density at radius 2 is 1.95 bits per heavy atom. The van der Waals surface area contributed by atoms with Crippen molar-refractivity contribution < 1.29 is 8.78 Å². The summed E-state index contributed by atoms with van der Waals surface area (Å²) < 4.78 is 28.8. The molecule has 102 valence electrons. The maximum atomic E-state index is 14.0. The fourth-order valence-electron chi connectivity index (χ4n) is 1.91. The van der Waals surface area contributed by atoms with E-state index in [-0.39, 0.29) is 5.56 Å². The van der Waals surface area contributed by atoms with Crippen molar-refractivity contribution in [1.82, 2.24) is 5.32 Å².